The fraction of sp³-hybridized carbons (Fsp3) is 0.714. The van der Waals surface area contributed by atoms with Gasteiger partial charge >= 0.3 is 0 Å². The zero-order chi connectivity index (χ0) is 22.9. The molecule has 2 unspecified atom stereocenters. The molecule has 172 valence electrons. The third-order valence-corrected chi connectivity index (χ3v) is 9.13. The van der Waals surface area contributed by atoms with Gasteiger partial charge in [-0.2, -0.15) is 0 Å². The molecule has 30 heavy (non-hydrogen) atoms. The molecule has 0 aliphatic carbocycles. The number of halogens is 1. The molecule has 0 spiro atoms. The van der Waals surface area contributed by atoms with E-state index in [1.165, 1.54) is 20.2 Å². The highest BCUT2D eigenvalue weighted by atomic mass is 35.5. The van der Waals surface area contributed by atoms with Crippen LogP contribution < -0.4 is 0 Å². The van der Waals surface area contributed by atoms with Crippen LogP contribution in [0.1, 0.15) is 59.3 Å². The summed E-state index contributed by atoms with van der Waals surface area (Å²) < 4.78 is 14.8. The standard InChI is InChI=1S/C18H28ClN3O2S.C3H8O2/c1-12-9-22(17-15(12)16(19)20-11-21-17)14-8-7-13(24-14)10-23-25(5,6)18(2,3)4;1-3(2,4)5/h9,11,13-14H,7-8,10H2,1-6H3;4-5H,1-2H3. The predicted octanol–water partition coefficient (Wildman–Crippen LogP) is 4.57. The molecule has 3 heterocycles. The van der Waals surface area contributed by atoms with Crippen molar-refractivity contribution in [1.29, 1.82) is 0 Å². The van der Waals surface area contributed by atoms with Gasteiger partial charge in [0.2, 0.25) is 0 Å². The molecule has 0 saturated carbocycles. The quantitative estimate of drug-likeness (QED) is 0.512. The summed E-state index contributed by atoms with van der Waals surface area (Å²) in [6.45, 7) is 12.0. The van der Waals surface area contributed by atoms with Gasteiger partial charge in [-0.05, 0) is 51.7 Å². The number of aryl methyl sites for hydroxylation is 1. The van der Waals surface area contributed by atoms with Crippen molar-refractivity contribution in [3.05, 3.63) is 23.2 Å². The van der Waals surface area contributed by atoms with Gasteiger partial charge < -0.3 is 23.7 Å². The van der Waals surface area contributed by atoms with Crippen molar-refractivity contribution in [3.8, 4) is 0 Å². The van der Waals surface area contributed by atoms with Gasteiger partial charge in [-0.25, -0.2) is 9.97 Å². The molecule has 1 aliphatic rings. The highest BCUT2D eigenvalue weighted by molar-refractivity contribution is 8.29. The average Bonchev–Trinajstić information content (AvgIpc) is 3.16. The van der Waals surface area contributed by atoms with Crippen molar-refractivity contribution < 1.29 is 19.1 Å². The van der Waals surface area contributed by atoms with Gasteiger partial charge in [0.15, 0.2) is 5.79 Å². The van der Waals surface area contributed by atoms with Crippen molar-refractivity contribution >= 4 is 32.9 Å². The van der Waals surface area contributed by atoms with Gasteiger partial charge in [0.05, 0.1) is 18.1 Å². The smallest absolute Gasteiger partial charge is 0.156 e. The number of rotatable bonds is 4. The van der Waals surface area contributed by atoms with Crippen LogP contribution in [0.5, 0.6) is 0 Å². The fourth-order valence-electron chi connectivity index (χ4n) is 2.88. The Kier molecular flexibility index (Phi) is 7.86. The maximum atomic E-state index is 8.08. The lowest BCUT2D eigenvalue weighted by molar-refractivity contribution is -0.127. The molecule has 0 bridgehead atoms. The van der Waals surface area contributed by atoms with Crippen molar-refractivity contribution in [2.45, 2.75) is 77.3 Å². The summed E-state index contributed by atoms with van der Waals surface area (Å²) in [5.74, 6) is -1.50. The summed E-state index contributed by atoms with van der Waals surface area (Å²) in [7, 11) is -1.13. The SMILES string of the molecule is CC(C)(O)O.Cc1cn(C2CCC(COS(C)(C)C(C)(C)C)O2)c2ncnc(Cl)c12. The third-order valence-electron chi connectivity index (χ3n) is 5.17. The van der Waals surface area contributed by atoms with E-state index in [2.05, 4.69) is 54.0 Å². The first kappa shape index (κ1) is 25.4. The van der Waals surface area contributed by atoms with Crippen LogP contribution in [0.2, 0.25) is 5.15 Å². The lowest BCUT2D eigenvalue weighted by atomic mass is 10.2. The number of aromatic nitrogens is 3. The van der Waals surface area contributed by atoms with Crippen molar-refractivity contribution in [2.24, 2.45) is 0 Å². The van der Waals surface area contributed by atoms with E-state index in [0.717, 1.165) is 29.4 Å². The Morgan fingerprint density at radius 2 is 1.80 bits per heavy atom. The summed E-state index contributed by atoms with van der Waals surface area (Å²) in [5, 5.41) is 17.6. The molecule has 2 aromatic rings. The molecule has 1 fully saturated rings. The lowest BCUT2D eigenvalue weighted by Gasteiger charge is -2.44. The second-order valence-electron chi connectivity index (χ2n) is 9.50. The maximum absolute atomic E-state index is 8.08. The van der Waals surface area contributed by atoms with Gasteiger partial charge in [-0.1, -0.05) is 32.4 Å². The van der Waals surface area contributed by atoms with Gasteiger partial charge in [0.1, 0.15) is 23.4 Å². The maximum Gasteiger partial charge on any atom is 0.156 e. The van der Waals surface area contributed by atoms with E-state index < -0.39 is 16.1 Å². The molecule has 3 rings (SSSR count). The normalized spacial score (nSPS) is 20.9. The zero-order valence-corrected chi connectivity index (χ0v) is 20.8. The summed E-state index contributed by atoms with van der Waals surface area (Å²) >= 11 is 6.23. The number of fused-ring (bicyclic) bond motifs is 1. The Labute approximate surface area is 186 Å². The molecule has 0 aromatic carbocycles. The Bertz CT molecular complexity index is 852. The summed E-state index contributed by atoms with van der Waals surface area (Å²) in [4.78, 5) is 8.50. The fourth-order valence-corrected chi connectivity index (χ4v) is 4.00. The van der Waals surface area contributed by atoms with E-state index in [1.807, 2.05) is 6.92 Å². The van der Waals surface area contributed by atoms with Crippen LogP contribution in [0.4, 0.5) is 0 Å². The second kappa shape index (κ2) is 9.30. The molecule has 1 saturated heterocycles. The topological polar surface area (TPSA) is 89.6 Å². The Morgan fingerprint density at radius 3 is 2.37 bits per heavy atom. The van der Waals surface area contributed by atoms with E-state index >= 15 is 0 Å². The molecule has 0 radical (unpaired) electrons. The van der Waals surface area contributed by atoms with Gasteiger partial charge in [0, 0.05) is 10.9 Å². The molecule has 0 amide bonds. The van der Waals surface area contributed by atoms with Crippen LogP contribution in [-0.2, 0) is 8.92 Å². The van der Waals surface area contributed by atoms with E-state index in [9.17, 15) is 0 Å². The van der Waals surface area contributed by atoms with Crippen LogP contribution in [-0.4, -0.2) is 60.5 Å². The first-order chi connectivity index (χ1) is 13.6. The first-order valence-electron chi connectivity index (χ1n) is 10.1. The Morgan fingerprint density at radius 1 is 1.20 bits per heavy atom. The van der Waals surface area contributed by atoms with Crippen molar-refractivity contribution in [1.82, 2.24) is 14.5 Å². The van der Waals surface area contributed by atoms with Crippen LogP contribution in [0.3, 0.4) is 0 Å². The summed E-state index contributed by atoms with van der Waals surface area (Å²) in [6, 6.07) is 0. The van der Waals surface area contributed by atoms with Crippen LogP contribution in [0.25, 0.3) is 11.0 Å². The largest absolute Gasteiger partial charge is 0.366 e. The third kappa shape index (κ3) is 6.55. The highest BCUT2D eigenvalue weighted by Gasteiger charge is 2.33. The number of aliphatic hydroxyl groups is 2. The van der Waals surface area contributed by atoms with Crippen LogP contribution >= 0.6 is 21.9 Å². The minimum atomic E-state index is -1.50. The molecule has 9 heteroatoms. The van der Waals surface area contributed by atoms with Gasteiger partial charge in [-0.15, -0.1) is 10.3 Å². The van der Waals surface area contributed by atoms with E-state index in [-0.39, 0.29) is 17.1 Å². The average molecular weight is 462 g/mol. The second-order valence-corrected chi connectivity index (χ2v) is 13.8. The lowest BCUT2D eigenvalue weighted by Crippen LogP contribution is -2.28. The zero-order valence-electron chi connectivity index (χ0n) is 19.3. The minimum Gasteiger partial charge on any atom is -0.366 e. The molecule has 7 nitrogen and oxygen atoms in total. The van der Waals surface area contributed by atoms with E-state index in [0.29, 0.717) is 11.8 Å². The number of hydrogen-bond donors (Lipinski definition) is 2. The van der Waals surface area contributed by atoms with E-state index in [1.54, 1.807) is 0 Å². The molecule has 2 N–H and O–H groups in total. The molecular formula is C21H36ClN3O4S. The van der Waals surface area contributed by atoms with Gasteiger partial charge in [-0.3, -0.25) is 0 Å². The number of nitrogens with zero attached hydrogens (tertiary/aromatic N) is 3. The Balaban J connectivity index is 0.000000575. The molecule has 2 aromatic heterocycles. The highest BCUT2D eigenvalue weighted by Crippen LogP contribution is 2.54. The minimum absolute atomic E-state index is 0.0245. The monoisotopic (exact) mass is 461 g/mol. The van der Waals surface area contributed by atoms with Crippen LogP contribution in [0, 0.1) is 6.92 Å². The molecule has 1 aliphatic heterocycles. The van der Waals surface area contributed by atoms with E-state index in [4.69, 9.17) is 30.7 Å². The van der Waals surface area contributed by atoms with Crippen LogP contribution in [0.15, 0.2) is 12.5 Å². The van der Waals surface area contributed by atoms with Crippen molar-refractivity contribution in [2.75, 3.05) is 19.1 Å². The number of hydrogen-bond acceptors (Lipinski definition) is 6. The summed E-state index contributed by atoms with van der Waals surface area (Å²) in [5.41, 5.74) is 1.91. The Hall–Kier alpha value is -0.900. The van der Waals surface area contributed by atoms with Gasteiger partial charge in [0.25, 0.3) is 0 Å². The molecular weight excluding hydrogens is 426 g/mol. The summed E-state index contributed by atoms with van der Waals surface area (Å²) in [6.07, 6.45) is 10.0. The van der Waals surface area contributed by atoms with Crippen molar-refractivity contribution in [3.63, 3.8) is 0 Å². The predicted molar refractivity (Wildman–Crippen MR) is 124 cm³/mol. The molecule has 2 atom stereocenters. The first-order valence-corrected chi connectivity index (χ1v) is 12.8. The number of ether oxygens (including phenoxy) is 1.